The van der Waals surface area contributed by atoms with E-state index in [0.717, 1.165) is 32.1 Å². The van der Waals surface area contributed by atoms with Gasteiger partial charge in [-0.15, -0.1) is 0 Å². The summed E-state index contributed by atoms with van der Waals surface area (Å²) in [6.45, 7) is 2.71. The molecular weight excluding hydrogens is 308 g/mol. The van der Waals surface area contributed by atoms with E-state index in [9.17, 15) is 9.59 Å². The second-order valence-electron chi connectivity index (χ2n) is 7.12. The Kier molecular flexibility index (Phi) is 3.62. The standard InChI is InChI=1S/C18H22N2O4/c1-11-8-12(11)10-19-16(21)17(22)20-13-4-5-14-15(9-13)24-18(23-14)6-2-3-7-18/h4-5,9,11-12H,2-3,6-8,10H2,1H3,(H,19,21)(H,20,22)/t11-,12+/m1/s1. The second-order valence-corrected chi connectivity index (χ2v) is 7.12. The zero-order valence-corrected chi connectivity index (χ0v) is 13.8. The summed E-state index contributed by atoms with van der Waals surface area (Å²) in [4.78, 5) is 23.8. The first-order valence-corrected chi connectivity index (χ1v) is 8.66. The number of benzene rings is 1. The molecule has 4 rings (SSSR count). The fourth-order valence-electron chi connectivity index (χ4n) is 3.46. The predicted octanol–water partition coefficient (Wildman–Crippen LogP) is 2.44. The van der Waals surface area contributed by atoms with Gasteiger partial charge >= 0.3 is 11.8 Å². The smallest absolute Gasteiger partial charge is 0.313 e. The highest BCUT2D eigenvalue weighted by atomic mass is 16.7. The van der Waals surface area contributed by atoms with Crippen molar-refractivity contribution in [1.82, 2.24) is 5.32 Å². The molecule has 24 heavy (non-hydrogen) atoms. The van der Waals surface area contributed by atoms with E-state index >= 15 is 0 Å². The summed E-state index contributed by atoms with van der Waals surface area (Å²) in [6, 6.07) is 5.22. The van der Waals surface area contributed by atoms with Crippen LogP contribution in [0.2, 0.25) is 0 Å². The monoisotopic (exact) mass is 330 g/mol. The minimum absolute atomic E-state index is 0.509. The first kappa shape index (κ1) is 15.3. The van der Waals surface area contributed by atoms with Crippen LogP contribution in [0.5, 0.6) is 11.5 Å². The Bertz CT molecular complexity index is 682. The Morgan fingerprint density at radius 1 is 1.17 bits per heavy atom. The number of hydrogen-bond acceptors (Lipinski definition) is 4. The zero-order chi connectivity index (χ0) is 16.7. The predicted molar refractivity (Wildman–Crippen MR) is 87.8 cm³/mol. The first-order chi connectivity index (χ1) is 11.5. The third-order valence-electron chi connectivity index (χ3n) is 5.17. The highest BCUT2D eigenvalue weighted by Crippen LogP contribution is 2.47. The summed E-state index contributed by atoms with van der Waals surface area (Å²) in [5, 5.41) is 5.30. The fraction of sp³-hybridized carbons (Fsp3) is 0.556. The van der Waals surface area contributed by atoms with E-state index in [0.29, 0.717) is 35.6 Å². The molecule has 0 radical (unpaired) electrons. The van der Waals surface area contributed by atoms with Crippen molar-refractivity contribution >= 4 is 17.5 Å². The van der Waals surface area contributed by atoms with Gasteiger partial charge in [0, 0.05) is 31.1 Å². The molecule has 2 aliphatic carbocycles. The van der Waals surface area contributed by atoms with E-state index in [2.05, 4.69) is 17.6 Å². The highest BCUT2D eigenvalue weighted by Gasteiger charge is 2.44. The van der Waals surface area contributed by atoms with Crippen LogP contribution in [0.25, 0.3) is 0 Å². The normalized spacial score (nSPS) is 25.5. The molecule has 1 aromatic rings. The van der Waals surface area contributed by atoms with Crippen LogP contribution in [0.3, 0.4) is 0 Å². The number of carbonyl (C=O) groups is 2. The zero-order valence-electron chi connectivity index (χ0n) is 13.8. The molecule has 1 heterocycles. The lowest BCUT2D eigenvalue weighted by Crippen LogP contribution is -2.36. The number of fused-ring (bicyclic) bond motifs is 1. The summed E-state index contributed by atoms with van der Waals surface area (Å²) in [7, 11) is 0. The fourth-order valence-corrected chi connectivity index (χ4v) is 3.46. The molecule has 2 saturated carbocycles. The molecule has 1 spiro atoms. The Morgan fingerprint density at radius 3 is 2.58 bits per heavy atom. The van der Waals surface area contributed by atoms with Crippen LogP contribution in [-0.2, 0) is 9.59 Å². The van der Waals surface area contributed by atoms with Crippen LogP contribution in [0, 0.1) is 11.8 Å². The first-order valence-electron chi connectivity index (χ1n) is 8.66. The largest absolute Gasteiger partial charge is 0.448 e. The maximum absolute atomic E-state index is 12.0. The van der Waals surface area contributed by atoms with Crippen LogP contribution in [0.4, 0.5) is 5.69 Å². The Balaban J connectivity index is 1.36. The SMILES string of the molecule is C[C@@H]1C[C@H]1CNC(=O)C(=O)Nc1ccc2c(c1)OC1(CCCC1)O2. The van der Waals surface area contributed by atoms with Crippen LogP contribution in [-0.4, -0.2) is 24.1 Å². The molecule has 128 valence electrons. The summed E-state index contributed by atoms with van der Waals surface area (Å²) in [5.74, 6) is 0.698. The minimum Gasteiger partial charge on any atom is -0.448 e. The van der Waals surface area contributed by atoms with Crippen molar-refractivity contribution in [1.29, 1.82) is 0 Å². The molecule has 3 aliphatic rings. The van der Waals surface area contributed by atoms with Gasteiger partial charge < -0.3 is 20.1 Å². The van der Waals surface area contributed by atoms with Gasteiger partial charge in [-0.05, 0) is 43.2 Å². The Hall–Kier alpha value is -2.24. The van der Waals surface area contributed by atoms with Crippen molar-refractivity contribution in [2.24, 2.45) is 11.8 Å². The topological polar surface area (TPSA) is 76.7 Å². The van der Waals surface area contributed by atoms with Crippen LogP contribution in [0.15, 0.2) is 18.2 Å². The van der Waals surface area contributed by atoms with E-state index in [1.807, 2.05) is 0 Å². The second kappa shape index (κ2) is 5.69. The number of nitrogens with one attached hydrogen (secondary N) is 2. The summed E-state index contributed by atoms with van der Waals surface area (Å²) >= 11 is 0. The van der Waals surface area contributed by atoms with Gasteiger partial charge in [0.25, 0.3) is 5.79 Å². The average molecular weight is 330 g/mol. The van der Waals surface area contributed by atoms with E-state index in [1.165, 1.54) is 0 Å². The molecule has 1 aromatic carbocycles. The molecule has 0 aromatic heterocycles. The third kappa shape index (κ3) is 2.92. The van der Waals surface area contributed by atoms with Crippen molar-refractivity contribution in [3.05, 3.63) is 18.2 Å². The molecule has 2 amide bonds. The van der Waals surface area contributed by atoms with Gasteiger partial charge in [-0.25, -0.2) is 0 Å². The van der Waals surface area contributed by atoms with Crippen molar-refractivity contribution in [3.8, 4) is 11.5 Å². The van der Waals surface area contributed by atoms with Gasteiger partial charge in [0.2, 0.25) is 0 Å². The van der Waals surface area contributed by atoms with E-state index in [1.54, 1.807) is 18.2 Å². The quantitative estimate of drug-likeness (QED) is 0.835. The third-order valence-corrected chi connectivity index (χ3v) is 5.17. The molecule has 2 atom stereocenters. The molecule has 0 unspecified atom stereocenters. The summed E-state index contributed by atoms with van der Waals surface area (Å²) in [6.07, 6.45) is 5.07. The molecule has 6 nitrogen and oxygen atoms in total. The highest BCUT2D eigenvalue weighted by molar-refractivity contribution is 6.39. The molecule has 1 aliphatic heterocycles. The maximum atomic E-state index is 12.0. The number of rotatable bonds is 3. The van der Waals surface area contributed by atoms with Gasteiger partial charge in [0.15, 0.2) is 11.5 Å². The van der Waals surface area contributed by atoms with Crippen LogP contribution >= 0.6 is 0 Å². The molecule has 6 heteroatoms. The molecule has 2 fully saturated rings. The number of anilines is 1. The number of amides is 2. The van der Waals surface area contributed by atoms with Crippen molar-refractivity contribution in [2.75, 3.05) is 11.9 Å². The average Bonchev–Trinajstić information content (AvgIpc) is 2.97. The van der Waals surface area contributed by atoms with Gasteiger partial charge in [0.1, 0.15) is 0 Å². The van der Waals surface area contributed by atoms with Crippen molar-refractivity contribution < 1.29 is 19.1 Å². The van der Waals surface area contributed by atoms with Crippen LogP contribution < -0.4 is 20.1 Å². The van der Waals surface area contributed by atoms with Crippen molar-refractivity contribution in [2.45, 2.75) is 44.8 Å². The molecule has 0 saturated heterocycles. The van der Waals surface area contributed by atoms with Crippen LogP contribution in [0.1, 0.15) is 39.0 Å². The molecular formula is C18H22N2O4. The van der Waals surface area contributed by atoms with Gasteiger partial charge in [-0.1, -0.05) is 6.92 Å². The lowest BCUT2D eigenvalue weighted by molar-refractivity contribution is -0.136. The van der Waals surface area contributed by atoms with E-state index in [-0.39, 0.29) is 0 Å². The number of hydrogen-bond donors (Lipinski definition) is 2. The van der Waals surface area contributed by atoms with Crippen molar-refractivity contribution in [3.63, 3.8) is 0 Å². The summed E-state index contributed by atoms with van der Waals surface area (Å²) in [5.41, 5.74) is 0.535. The number of carbonyl (C=O) groups excluding carboxylic acids is 2. The summed E-state index contributed by atoms with van der Waals surface area (Å²) < 4.78 is 11.9. The maximum Gasteiger partial charge on any atom is 0.313 e. The Morgan fingerprint density at radius 2 is 1.88 bits per heavy atom. The molecule has 0 bridgehead atoms. The van der Waals surface area contributed by atoms with Gasteiger partial charge in [0.05, 0.1) is 0 Å². The Labute approximate surface area is 140 Å². The van der Waals surface area contributed by atoms with Gasteiger partial charge in [-0.2, -0.15) is 0 Å². The number of ether oxygens (including phenoxy) is 2. The van der Waals surface area contributed by atoms with E-state index < -0.39 is 17.6 Å². The molecule has 2 N–H and O–H groups in total. The van der Waals surface area contributed by atoms with E-state index in [4.69, 9.17) is 9.47 Å². The minimum atomic E-state index is -0.655. The van der Waals surface area contributed by atoms with Gasteiger partial charge in [-0.3, -0.25) is 9.59 Å². The lowest BCUT2D eigenvalue weighted by Gasteiger charge is -2.21. The lowest BCUT2D eigenvalue weighted by atomic mass is 10.2.